The van der Waals surface area contributed by atoms with E-state index in [2.05, 4.69) is 24.4 Å². The maximum absolute atomic E-state index is 11.4. The number of aryl methyl sites for hydroxylation is 2. The number of hydrogen-bond donors (Lipinski definition) is 1. The minimum Gasteiger partial charge on any atom is -0.488 e. The second-order valence-corrected chi connectivity index (χ2v) is 4.99. The number of nitrogens with one attached hydrogen (secondary N) is 1. The molecule has 2 aromatic rings. The maximum atomic E-state index is 11.4. The van der Waals surface area contributed by atoms with Gasteiger partial charge in [-0.3, -0.25) is 0 Å². The summed E-state index contributed by atoms with van der Waals surface area (Å²) in [5.74, 6) is 1.34. The lowest BCUT2D eigenvalue weighted by molar-refractivity contribution is 0.201. The third-order valence-electron chi connectivity index (χ3n) is 3.41. The summed E-state index contributed by atoms with van der Waals surface area (Å²) in [6, 6.07) is 13.5. The fourth-order valence-electron chi connectivity index (χ4n) is 2.12. The third kappa shape index (κ3) is 4.01. The summed E-state index contributed by atoms with van der Waals surface area (Å²) in [6.45, 7) is 4.50. The van der Waals surface area contributed by atoms with Gasteiger partial charge in [0.1, 0.15) is 18.1 Å². The molecule has 1 amide bonds. The topological polar surface area (TPSA) is 47.6 Å². The Morgan fingerprint density at radius 1 is 1.14 bits per heavy atom. The first kappa shape index (κ1) is 15.9. The van der Waals surface area contributed by atoms with Crippen molar-refractivity contribution < 1.29 is 14.3 Å². The van der Waals surface area contributed by atoms with E-state index in [4.69, 9.17) is 9.47 Å². The summed E-state index contributed by atoms with van der Waals surface area (Å²) in [6.07, 6.45) is 0.514. The third-order valence-corrected chi connectivity index (χ3v) is 3.41. The second-order valence-electron chi connectivity index (χ2n) is 4.99. The van der Waals surface area contributed by atoms with Crippen molar-refractivity contribution in [1.82, 2.24) is 5.32 Å². The van der Waals surface area contributed by atoms with Gasteiger partial charge in [0.15, 0.2) is 0 Å². The smallest absolute Gasteiger partial charge is 0.412 e. The molecular formula is C18H21NO3. The van der Waals surface area contributed by atoms with Gasteiger partial charge in [-0.15, -0.1) is 0 Å². The molecule has 1 N–H and O–H groups in total. The summed E-state index contributed by atoms with van der Waals surface area (Å²) in [5.41, 5.74) is 3.21. The molecule has 4 nitrogen and oxygen atoms in total. The van der Waals surface area contributed by atoms with E-state index in [0.717, 1.165) is 23.3 Å². The Balaban J connectivity index is 2.10. The van der Waals surface area contributed by atoms with Crippen LogP contribution in [0.2, 0.25) is 0 Å². The number of carbonyl (C=O) groups excluding carboxylic acids is 1. The molecule has 0 aliphatic heterocycles. The predicted molar refractivity (Wildman–Crippen MR) is 86.4 cm³/mol. The normalized spacial score (nSPS) is 10.1. The van der Waals surface area contributed by atoms with Crippen molar-refractivity contribution >= 4 is 6.09 Å². The molecule has 2 rings (SSSR count). The van der Waals surface area contributed by atoms with Gasteiger partial charge in [0.25, 0.3) is 0 Å². The summed E-state index contributed by atoms with van der Waals surface area (Å²) >= 11 is 0. The highest BCUT2D eigenvalue weighted by Crippen LogP contribution is 2.24. The molecule has 0 aliphatic carbocycles. The van der Waals surface area contributed by atoms with Crippen LogP contribution in [0.4, 0.5) is 4.79 Å². The fourth-order valence-corrected chi connectivity index (χ4v) is 2.12. The lowest BCUT2D eigenvalue weighted by Gasteiger charge is -2.13. The Hall–Kier alpha value is -2.49. The largest absolute Gasteiger partial charge is 0.488 e. The highest BCUT2D eigenvalue weighted by Gasteiger charge is 2.09. The summed E-state index contributed by atoms with van der Waals surface area (Å²) < 4.78 is 11.1. The molecule has 0 fully saturated rings. The molecule has 0 spiro atoms. The van der Waals surface area contributed by atoms with Crippen LogP contribution in [0.5, 0.6) is 11.5 Å². The van der Waals surface area contributed by atoms with Crippen LogP contribution < -0.4 is 14.8 Å². The molecule has 2 aromatic carbocycles. The molecule has 0 aromatic heterocycles. The van der Waals surface area contributed by atoms with Crippen molar-refractivity contribution in [3.63, 3.8) is 0 Å². The van der Waals surface area contributed by atoms with Crippen molar-refractivity contribution in [2.24, 2.45) is 0 Å². The summed E-state index contributed by atoms with van der Waals surface area (Å²) in [5, 5.41) is 2.43. The molecule has 0 radical (unpaired) electrons. The Kier molecular flexibility index (Phi) is 5.42. The van der Waals surface area contributed by atoms with Crippen LogP contribution in [0.1, 0.15) is 23.6 Å². The summed E-state index contributed by atoms with van der Waals surface area (Å²) in [4.78, 5) is 11.4. The molecule has 116 valence electrons. The van der Waals surface area contributed by atoms with Gasteiger partial charge in [0.05, 0.1) is 0 Å². The van der Waals surface area contributed by atoms with E-state index in [9.17, 15) is 4.79 Å². The molecule has 0 bridgehead atoms. The second kappa shape index (κ2) is 7.50. The van der Waals surface area contributed by atoms with Crippen LogP contribution in [0.25, 0.3) is 0 Å². The molecule has 0 atom stereocenters. The van der Waals surface area contributed by atoms with Gasteiger partial charge in [-0.05, 0) is 36.6 Å². The Bertz CT molecular complexity index is 653. The molecule has 0 heterocycles. The minimum absolute atomic E-state index is 0.347. The SMILES string of the molecule is CCc1ccc(OCc2ccccc2OC(=O)NC)c(C)c1. The number of para-hydroxylation sites is 1. The molecule has 0 unspecified atom stereocenters. The first-order valence-corrected chi connectivity index (χ1v) is 7.33. The Morgan fingerprint density at radius 2 is 1.91 bits per heavy atom. The van der Waals surface area contributed by atoms with Gasteiger partial charge in [-0.25, -0.2) is 4.79 Å². The van der Waals surface area contributed by atoms with Crippen molar-refractivity contribution in [2.45, 2.75) is 26.9 Å². The predicted octanol–water partition coefficient (Wildman–Crippen LogP) is 3.85. The first-order valence-electron chi connectivity index (χ1n) is 7.33. The molecule has 4 heteroatoms. The van der Waals surface area contributed by atoms with Crippen LogP contribution in [0.3, 0.4) is 0 Å². The number of amides is 1. The van der Waals surface area contributed by atoms with Crippen LogP contribution >= 0.6 is 0 Å². The lowest BCUT2D eigenvalue weighted by Crippen LogP contribution is -2.22. The number of hydrogen-bond acceptors (Lipinski definition) is 3. The highest BCUT2D eigenvalue weighted by molar-refractivity contribution is 5.70. The molecule has 0 saturated heterocycles. The van der Waals surface area contributed by atoms with E-state index in [1.165, 1.54) is 12.6 Å². The van der Waals surface area contributed by atoms with Crippen LogP contribution in [0, 0.1) is 6.92 Å². The fraction of sp³-hybridized carbons (Fsp3) is 0.278. The minimum atomic E-state index is -0.490. The van der Waals surface area contributed by atoms with Crippen LogP contribution in [-0.2, 0) is 13.0 Å². The maximum Gasteiger partial charge on any atom is 0.412 e. The average molecular weight is 299 g/mol. The van der Waals surface area contributed by atoms with Gasteiger partial charge < -0.3 is 14.8 Å². The number of benzene rings is 2. The van der Waals surface area contributed by atoms with Gasteiger partial charge >= 0.3 is 6.09 Å². The van der Waals surface area contributed by atoms with Crippen molar-refractivity contribution in [3.8, 4) is 11.5 Å². The van der Waals surface area contributed by atoms with E-state index in [1.54, 1.807) is 6.07 Å². The van der Waals surface area contributed by atoms with E-state index >= 15 is 0 Å². The van der Waals surface area contributed by atoms with E-state index < -0.39 is 6.09 Å². The van der Waals surface area contributed by atoms with Crippen molar-refractivity contribution in [2.75, 3.05) is 7.05 Å². The van der Waals surface area contributed by atoms with Crippen molar-refractivity contribution in [3.05, 3.63) is 59.2 Å². The monoisotopic (exact) mass is 299 g/mol. The highest BCUT2D eigenvalue weighted by atomic mass is 16.6. The molecular weight excluding hydrogens is 278 g/mol. The number of carbonyl (C=O) groups is 1. The lowest BCUT2D eigenvalue weighted by atomic mass is 10.1. The average Bonchev–Trinajstić information content (AvgIpc) is 2.54. The number of rotatable bonds is 5. The van der Waals surface area contributed by atoms with Gasteiger partial charge in [-0.1, -0.05) is 37.3 Å². The molecule has 22 heavy (non-hydrogen) atoms. The van der Waals surface area contributed by atoms with E-state index in [0.29, 0.717) is 12.4 Å². The quantitative estimate of drug-likeness (QED) is 0.912. The van der Waals surface area contributed by atoms with E-state index in [-0.39, 0.29) is 0 Å². The van der Waals surface area contributed by atoms with Gasteiger partial charge in [0, 0.05) is 12.6 Å². The zero-order valence-corrected chi connectivity index (χ0v) is 13.2. The Labute approximate surface area is 131 Å². The molecule has 0 saturated carbocycles. The Morgan fingerprint density at radius 3 is 2.59 bits per heavy atom. The van der Waals surface area contributed by atoms with Crippen LogP contribution in [0.15, 0.2) is 42.5 Å². The zero-order chi connectivity index (χ0) is 15.9. The van der Waals surface area contributed by atoms with Crippen molar-refractivity contribution in [1.29, 1.82) is 0 Å². The summed E-state index contributed by atoms with van der Waals surface area (Å²) in [7, 11) is 1.53. The zero-order valence-electron chi connectivity index (χ0n) is 13.2. The van der Waals surface area contributed by atoms with Gasteiger partial charge in [-0.2, -0.15) is 0 Å². The first-order chi connectivity index (χ1) is 10.6. The van der Waals surface area contributed by atoms with Crippen LogP contribution in [-0.4, -0.2) is 13.1 Å². The standard InChI is InChI=1S/C18H21NO3/c1-4-14-9-10-16(13(2)11-14)21-12-15-7-5-6-8-17(15)22-18(20)19-3/h5-11H,4,12H2,1-3H3,(H,19,20). The van der Waals surface area contributed by atoms with E-state index in [1.807, 2.05) is 31.2 Å². The number of ether oxygens (including phenoxy) is 2. The van der Waals surface area contributed by atoms with Gasteiger partial charge in [0.2, 0.25) is 0 Å². The molecule has 0 aliphatic rings.